The van der Waals surface area contributed by atoms with Crippen LogP contribution in [0.2, 0.25) is 0 Å². The number of allylic oxidation sites excluding steroid dienone is 11. The second-order valence-corrected chi connectivity index (χ2v) is 7.49. The number of amides is 1. The van der Waals surface area contributed by atoms with Crippen molar-refractivity contribution in [2.75, 3.05) is 0 Å². The molecule has 0 aromatic heterocycles. The highest BCUT2D eigenvalue weighted by atomic mass is 16.3. The molecule has 3 heteroatoms. The molecule has 0 saturated heterocycles. The molecule has 2 N–H and O–H groups in total. The van der Waals surface area contributed by atoms with Crippen molar-refractivity contribution in [3.05, 3.63) is 96.2 Å². The monoisotopic (exact) mass is 407 g/mol. The Morgan fingerprint density at radius 1 is 1.00 bits per heavy atom. The lowest BCUT2D eigenvalue weighted by Crippen LogP contribution is -2.32. The fourth-order valence-electron chi connectivity index (χ4n) is 2.73. The molecule has 0 bridgehead atoms. The first-order valence-electron chi connectivity index (χ1n) is 10.8. The molecule has 0 saturated carbocycles. The smallest absolute Gasteiger partial charge is 0.244 e. The summed E-state index contributed by atoms with van der Waals surface area (Å²) >= 11 is 0. The van der Waals surface area contributed by atoms with E-state index in [0.717, 1.165) is 36.8 Å². The Morgan fingerprint density at radius 3 is 2.53 bits per heavy atom. The van der Waals surface area contributed by atoms with Crippen LogP contribution in [0.3, 0.4) is 0 Å². The third kappa shape index (κ3) is 13.5. The molecule has 2 atom stereocenters. The van der Waals surface area contributed by atoms with Crippen LogP contribution >= 0.6 is 0 Å². The van der Waals surface area contributed by atoms with E-state index in [9.17, 15) is 9.90 Å². The van der Waals surface area contributed by atoms with E-state index in [-0.39, 0.29) is 11.9 Å². The summed E-state index contributed by atoms with van der Waals surface area (Å²) in [6.45, 7) is 6.17. The van der Waals surface area contributed by atoms with Gasteiger partial charge in [0.1, 0.15) is 0 Å². The first-order valence-corrected chi connectivity index (χ1v) is 10.8. The maximum Gasteiger partial charge on any atom is 0.244 e. The number of rotatable bonds is 4. The molecule has 0 spiro atoms. The Labute approximate surface area is 182 Å². The average molecular weight is 408 g/mol. The SMILES string of the molecule is CCC/C=C/CC1C/C=C/C=C(C)/C=C/C=C\C(O)C\C=C(C)/C=C/C=C/C(=O)N1. The van der Waals surface area contributed by atoms with Gasteiger partial charge in [0.2, 0.25) is 5.91 Å². The minimum atomic E-state index is -0.516. The van der Waals surface area contributed by atoms with Gasteiger partial charge in [-0.15, -0.1) is 0 Å². The minimum Gasteiger partial charge on any atom is -0.389 e. The van der Waals surface area contributed by atoms with Crippen LogP contribution in [-0.2, 0) is 4.79 Å². The van der Waals surface area contributed by atoms with Crippen molar-refractivity contribution in [3.63, 3.8) is 0 Å². The summed E-state index contributed by atoms with van der Waals surface area (Å²) in [6, 6.07) is 0.0661. The van der Waals surface area contributed by atoms with Crippen molar-refractivity contribution in [1.82, 2.24) is 5.32 Å². The summed E-state index contributed by atoms with van der Waals surface area (Å²) in [4.78, 5) is 12.3. The lowest BCUT2D eigenvalue weighted by atomic mass is 10.1. The van der Waals surface area contributed by atoms with Gasteiger partial charge in [0.25, 0.3) is 0 Å². The van der Waals surface area contributed by atoms with E-state index in [1.165, 1.54) is 0 Å². The maximum atomic E-state index is 12.3. The summed E-state index contributed by atoms with van der Waals surface area (Å²) in [5, 5.41) is 13.1. The number of unbranched alkanes of at least 4 members (excludes halogenated alkanes) is 1. The highest BCUT2D eigenvalue weighted by molar-refractivity contribution is 5.88. The summed E-state index contributed by atoms with van der Waals surface area (Å²) in [5.41, 5.74) is 2.16. The van der Waals surface area contributed by atoms with Gasteiger partial charge in [-0.2, -0.15) is 0 Å². The molecule has 1 aliphatic heterocycles. The summed E-state index contributed by atoms with van der Waals surface area (Å²) in [5.74, 6) is -0.0896. The Balaban J connectivity index is 2.94. The van der Waals surface area contributed by atoms with E-state index in [4.69, 9.17) is 0 Å². The van der Waals surface area contributed by atoms with Crippen LogP contribution in [0.25, 0.3) is 0 Å². The van der Waals surface area contributed by atoms with E-state index in [1.54, 1.807) is 18.2 Å². The zero-order valence-electron chi connectivity index (χ0n) is 18.6. The van der Waals surface area contributed by atoms with Gasteiger partial charge >= 0.3 is 0 Å². The van der Waals surface area contributed by atoms with Gasteiger partial charge in [0.15, 0.2) is 0 Å². The molecule has 0 aliphatic carbocycles. The van der Waals surface area contributed by atoms with Gasteiger partial charge in [-0.05, 0) is 39.5 Å². The first kappa shape index (κ1) is 25.4. The lowest BCUT2D eigenvalue weighted by Gasteiger charge is -2.14. The Hall–Kier alpha value is -2.65. The van der Waals surface area contributed by atoms with Crippen molar-refractivity contribution in [2.45, 2.75) is 65.0 Å². The van der Waals surface area contributed by atoms with E-state index in [1.807, 2.05) is 62.5 Å². The molecule has 1 rings (SSSR count). The van der Waals surface area contributed by atoms with Crippen LogP contribution in [0.5, 0.6) is 0 Å². The third-order valence-electron chi connectivity index (χ3n) is 4.51. The van der Waals surface area contributed by atoms with E-state index < -0.39 is 6.10 Å². The highest BCUT2D eigenvalue weighted by Gasteiger charge is 2.07. The van der Waals surface area contributed by atoms with Gasteiger partial charge in [0, 0.05) is 12.1 Å². The van der Waals surface area contributed by atoms with Crippen molar-refractivity contribution >= 4 is 5.91 Å². The molecule has 2 unspecified atom stereocenters. The number of hydrogen-bond donors (Lipinski definition) is 2. The molecule has 1 aliphatic rings. The van der Waals surface area contributed by atoms with Crippen molar-refractivity contribution in [1.29, 1.82) is 0 Å². The van der Waals surface area contributed by atoms with Crippen LogP contribution in [0.15, 0.2) is 96.2 Å². The van der Waals surface area contributed by atoms with Crippen LogP contribution < -0.4 is 5.32 Å². The van der Waals surface area contributed by atoms with E-state index in [0.29, 0.717) is 6.42 Å². The van der Waals surface area contributed by atoms with Gasteiger partial charge in [-0.1, -0.05) is 103 Å². The standard InChI is InChI=1S/C27H37NO2/c1-4-5-6-7-17-25-18-11-8-14-23(2)15-9-12-19-26(29)22-21-24(3)16-10-13-20-27(30)28-25/h6-16,19-21,25-26,29H,4-5,17-18,22H2,1-3H3,(H,28,30)/b7-6+,11-8+,15-9+,16-10+,19-12-,20-13+,23-14+,24-21-. The summed E-state index contributed by atoms with van der Waals surface area (Å²) in [7, 11) is 0. The zero-order valence-corrected chi connectivity index (χ0v) is 18.6. The topological polar surface area (TPSA) is 49.3 Å². The molecule has 0 aromatic rings. The third-order valence-corrected chi connectivity index (χ3v) is 4.51. The van der Waals surface area contributed by atoms with Crippen LogP contribution in [0, 0.1) is 0 Å². The second kappa shape index (κ2) is 16.2. The lowest BCUT2D eigenvalue weighted by molar-refractivity contribution is -0.117. The van der Waals surface area contributed by atoms with Crippen molar-refractivity contribution in [3.8, 4) is 0 Å². The maximum absolute atomic E-state index is 12.3. The molecule has 30 heavy (non-hydrogen) atoms. The summed E-state index contributed by atoms with van der Waals surface area (Å²) in [6.07, 6.45) is 31.0. The number of nitrogens with one attached hydrogen (secondary N) is 1. The van der Waals surface area contributed by atoms with Crippen molar-refractivity contribution in [2.24, 2.45) is 0 Å². The molecule has 0 fully saturated rings. The average Bonchev–Trinajstić information content (AvgIpc) is 2.72. The molecular weight excluding hydrogens is 370 g/mol. The number of aliphatic hydroxyl groups excluding tert-OH is 1. The van der Waals surface area contributed by atoms with Crippen LogP contribution in [0.4, 0.5) is 0 Å². The molecular formula is C27H37NO2. The van der Waals surface area contributed by atoms with E-state index in [2.05, 4.69) is 30.5 Å². The number of carbonyl (C=O) groups is 1. The number of carbonyl (C=O) groups excluding carboxylic acids is 1. The Kier molecular flexibility index (Phi) is 13.7. The fraction of sp³-hybridized carbons (Fsp3) is 0.370. The Morgan fingerprint density at radius 2 is 1.73 bits per heavy atom. The van der Waals surface area contributed by atoms with Gasteiger partial charge in [-0.25, -0.2) is 0 Å². The van der Waals surface area contributed by atoms with Gasteiger partial charge < -0.3 is 10.4 Å². The molecule has 0 aromatic carbocycles. The molecule has 1 heterocycles. The predicted molar refractivity (Wildman–Crippen MR) is 129 cm³/mol. The molecule has 1 amide bonds. The van der Waals surface area contributed by atoms with Crippen LogP contribution in [0.1, 0.15) is 52.9 Å². The minimum absolute atomic E-state index is 0.0661. The van der Waals surface area contributed by atoms with E-state index >= 15 is 0 Å². The van der Waals surface area contributed by atoms with Crippen LogP contribution in [-0.4, -0.2) is 23.2 Å². The Bertz CT molecular complexity index is 745. The van der Waals surface area contributed by atoms with Gasteiger partial charge in [0.05, 0.1) is 6.10 Å². The quantitative estimate of drug-likeness (QED) is 0.558. The second-order valence-electron chi connectivity index (χ2n) is 7.49. The first-order chi connectivity index (χ1) is 14.5. The number of hydrogen-bond acceptors (Lipinski definition) is 2. The summed E-state index contributed by atoms with van der Waals surface area (Å²) < 4.78 is 0. The predicted octanol–water partition coefficient (Wildman–Crippen LogP) is 6.05. The zero-order chi connectivity index (χ0) is 22.0. The highest BCUT2D eigenvalue weighted by Crippen LogP contribution is 2.06. The fourth-order valence-corrected chi connectivity index (χ4v) is 2.73. The van der Waals surface area contributed by atoms with Gasteiger partial charge in [-0.3, -0.25) is 4.79 Å². The number of aliphatic hydroxyl groups is 1. The largest absolute Gasteiger partial charge is 0.389 e. The molecule has 0 radical (unpaired) electrons. The van der Waals surface area contributed by atoms with Crippen molar-refractivity contribution < 1.29 is 9.90 Å². The molecule has 3 nitrogen and oxygen atoms in total. The normalized spacial score (nSPS) is 30.9. The molecule has 162 valence electrons.